The van der Waals surface area contributed by atoms with Gasteiger partial charge in [0.15, 0.2) is 0 Å². The first-order chi connectivity index (χ1) is 7.04. The summed E-state index contributed by atoms with van der Waals surface area (Å²) in [5, 5.41) is 0. The predicted molar refractivity (Wildman–Crippen MR) is 62.9 cm³/mol. The summed E-state index contributed by atoms with van der Waals surface area (Å²) in [6.45, 7) is 8.28. The lowest BCUT2D eigenvalue weighted by Gasteiger charge is -2.18. The average molecular weight is 200 g/mol. The normalized spacial score (nSPS) is 17.2. The Hall–Kier alpha value is -1.37. The van der Waals surface area contributed by atoms with E-state index in [1.54, 1.807) is 0 Å². The summed E-state index contributed by atoms with van der Waals surface area (Å²) in [6.07, 6.45) is 3.13. The lowest BCUT2D eigenvalue weighted by molar-refractivity contribution is -0.103. The van der Waals surface area contributed by atoms with Crippen LogP contribution >= 0.6 is 0 Å². The molecule has 1 aliphatic rings. The minimum Gasteiger partial charge on any atom is -0.298 e. The topological polar surface area (TPSA) is 17.1 Å². The Morgan fingerprint density at radius 1 is 1.47 bits per heavy atom. The van der Waals surface area contributed by atoms with Crippen LogP contribution in [0.25, 0.3) is 5.57 Å². The number of hydrogen-bond donors (Lipinski definition) is 0. The molecule has 0 bridgehead atoms. The minimum atomic E-state index is 0.288. The second-order valence-corrected chi connectivity index (χ2v) is 4.90. The van der Waals surface area contributed by atoms with Crippen molar-refractivity contribution in [2.24, 2.45) is 0 Å². The van der Waals surface area contributed by atoms with Crippen molar-refractivity contribution in [3.05, 3.63) is 41.5 Å². The van der Waals surface area contributed by atoms with E-state index in [1.807, 2.05) is 6.07 Å². The summed E-state index contributed by atoms with van der Waals surface area (Å²) < 4.78 is 0. The molecule has 15 heavy (non-hydrogen) atoms. The van der Waals surface area contributed by atoms with Crippen molar-refractivity contribution < 1.29 is 4.79 Å². The van der Waals surface area contributed by atoms with Gasteiger partial charge in [-0.3, -0.25) is 4.79 Å². The van der Waals surface area contributed by atoms with Gasteiger partial charge in [0.05, 0.1) is 0 Å². The maximum absolute atomic E-state index is 10.6. The number of benzene rings is 1. The molecule has 1 aromatic rings. The number of carbonyl (C=O) groups is 1. The third-order valence-electron chi connectivity index (χ3n) is 3.37. The summed E-state index contributed by atoms with van der Waals surface area (Å²) in [4.78, 5) is 10.6. The number of allylic oxidation sites excluding steroid dienone is 1. The van der Waals surface area contributed by atoms with Crippen LogP contribution in [0.1, 0.15) is 37.0 Å². The van der Waals surface area contributed by atoms with Gasteiger partial charge < -0.3 is 0 Å². The third kappa shape index (κ3) is 1.63. The van der Waals surface area contributed by atoms with Crippen LogP contribution in [0.5, 0.6) is 0 Å². The van der Waals surface area contributed by atoms with Gasteiger partial charge in [0.25, 0.3) is 0 Å². The van der Waals surface area contributed by atoms with E-state index in [0.717, 1.165) is 18.3 Å². The molecule has 0 aromatic heterocycles. The molecule has 0 aliphatic heterocycles. The molecular weight excluding hydrogens is 184 g/mol. The van der Waals surface area contributed by atoms with Gasteiger partial charge in [-0.2, -0.15) is 0 Å². The number of aryl methyl sites for hydroxylation is 1. The third-order valence-corrected chi connectivity index (χ3v) is 3.37. The molecule has 0 atom stereocenters. The van der Waals surface area contributed by atoms with Crippen molar-refractivity contribution in [2.45, 2.75) is 32.1 Å². The van der Waals surface area contributed by atoms with Crippen LogP contribution in [-0.4, -0.2) is 6.29 Å². The molecule has 78 valence electrons. The minimum absolute atomic E-state index is 0.288. The summed E-state index contributed by atoms with van der Waals surface area (Å²) in [5.41, 5.74) is 4.62. The van der Waals surface area contributed by atoms with Gasteiger partial charge in [0.2, 0.25) is 0 Å². The van der Waals surface area contributed by atoms with Crippen molar-refractivity contribution in [2.75, 3.05) is 0 Å². The highest BCUT2D eigenvalue weighted by Gasteiger charge is 2.29. The number of fused-ring (bicyclic) bond motifs is 1. The van der Waals surface area contributed by atoms with E-state index in [1.165, 1.54) is 17.5 Å². The smallest absolute Gasteiger partial charge is 0.150 e. The van der Waals surface area contributed by atoms with E-state index in [2.05, 4.69) is 32.6 Å². The molecule has 1 aromatic carbocycles. The van der Waals surface area contributed by atoms with Crippen molar-refractivity contribution in [3.63, 3.8) is 0 Å². The van der Waals surface area contributed by atoms with E-state index >= 15 is 0 Å². The summed E-state index contributed by atoms with van der Waals surface area (Å²) in [7, 11) is 0. The van der Waals surface area contributed by atoms with E-state index in [-0.39, 0.29) is 5.41 Å². The molecule has 0 N–H and O–H groups in total. The first-order valence-electron chi connectivity index (χ1n) is 5.32. The lowest BCUT2D eigenvalue weighted by Crippen LogP contribution is -2.11. The number of carbonyl (C=O) groups excluding carboxylic acids is 1. The monoisotopic (exact) mass is 200 g/mol. The Balaban J connectivity index is 2.46. The Bertz CT molecular complexity index is 427. The van der Waals surface area contributed by atoms with Crippen molar-refractivity contribution in [1.29, 1.82) is 0 Å². The van der Waals surface area contributed by atoms with Crippen LogP contribution in [0.2, 0.25) is 0 Å². The van der Waals surface area contributed by atoms with E-state index in [4.69, 9.17) is 0 Å². The average Bonchev–Trinajstić information content (AvgIpc) is 2.53. The molecule has 0 radical (unpaired) electrons. The fourth-order valence-electron chi connectivity index (χ4n) is 2.31. The van der Waals surface area contributed by atoms with Crippen LogP contribution in [0.15, 0.2) is 24.8 Å². The SMILES string of the molecule is C=C(C=O)c1ccc2c(c1)CCC2(C)C. The Labute approximate surface area is 90.8 Å². The van der Waals surface area contributed by atoms with Crippen LogP contribution in [-0.2, 0) is 16.6 Å². The second-order valence-electron chi connectivity index (χ2n) is 4.90. The molecule has 1 aliphatic carbocycles. The van der Waals surface area contributed by atoms with Gasteiger partial charge in [-0.05, 0) is 34.9 Å². The Morgan fingerprint density at radius 3 is 2.87 bits per heavy atom. The molecule has 1 heteroatoms. The van der Waals surface area contributed by atoms with Crippen molar-refractivity contribution in [3.8, 4) is 0 Å². The van der Waals surface area contributed by atoms with E-state index in [9.17, 15) is 4.79 Å². The number of hydrogen-bond acceptors (Lipinski definition) is 1. The molecule has 1 nitrogen and oxygen atoms in total. The zero-order chi connectivity index (χ0) is 11.1. The Morgan fingerprint density at radius 2 is 2.20 bits per heavy atom. The van der Waals surface area contributed by atoms with Crippen LogP contribution in [0.3, 0.4) is 0 Å². The predicted octanol–water partition coefficient (Wildman–Crippen LogP) is 3.12. The molecule has 0 spiro atoms. The molecule has 0 fully saturated rings. The highest BCUT2D eigenvalue weighted by molar-refractivity contribution is 6.05. The molecule has 0 unspecified atom stereocenters. The van der Waals surface area contributed by atoms with Gasteiger partial charge in [0.1, 0.15) is 6.29 Å². The molecule has 0 heterocycles. The van der Waals surface area contributed by atoms with Crippen LogP contribution in [0.4, 0.5) is 0 Å². The molecule has 0 saturated carbocycles. The number of rotatable bonds is 2. The van der Waals surface area contributed by atoms with E-state index in [0.29, 0.717) is 5.57 Å². The van der Waals surface area contributed by atoms with Crippen LogP contribution in [0, 0.1) is 0 Å². The molecule has 2 rings (SSSR count). The highest BCUT2D eigenvalue weighted by atomic mass is 16.1. The first-order valence-corrected chi connectivity index (χ1v) is 5.32. The Kier molecular flexibility index (Phi) is 2.26. The molecule has 0 saturated heterocycles. The fraction of sp³-hybridized carbons (Fsp3) is 0.357. The second kappa shape index (κ2) is 3.34. The van der Waals surface area contributed by atoms with Gasteiger partial charge in [-0.1, -0.05) is 38.6 Å². The highest BCUT2D eigenvalue weighted by Crippen LogP contribution is 2.38. The first kappa shape index (κ1) is 10.2. The van der Waals surface area contributed by atoms with Gasteiger partial charge in [0, 0.05) is 5.57 Å². The standard InChI is InChI=1S/C14H16O/c1-10(9-15)11-4-5-13-12(8-11)6-7-14(13,2)3/h4-5,8-9H,1,6-7H2,2-3H3. The maximum atomic E-state index is 10.6. The number of aldehydes is 1. The fourth-order valence-corrected chi connectivity index (χ4v) is 2.31. The summed E-state index contributed by atoms with van der Waals surface area (Å²) >= 11 is 0. The van der Waals surface area contributed by atoms with E-state index < -0.39 is 0 Å². The van der Waals surface area contributed by atoms with Gasteiger partial charge >= 0.3 is 0 Å². The van der Waals surface area contributed by atoms with Crippen LogP contribution < -0.4 is 0 Å². The zero-order valence-corrected chi connectivity index (χ0v) is 9.34. The quantitative estimate of drug-likeness (QED) is 0.529. The molecular formula is C14H16O. The van der Waals surface area contributed by atoms with Crippen molar-refractivity contribution >= 4 is 11.9 Å². The largest absolute Gasteiger partial charge is 0.298 e. The maximum Gasteiger partial charge on any atom is 0.150 e. The zero-order valence-electron chi connectivity index (χ0n) is 9.34. The molecule has 0 amide bonds. The van der Waals surface area contributed by atoms with Crippen molar-refractivity contribution in [1.82, 2.24) is 0 Å². The van der Waals surface area contributed by atoms with Gasteiger partial charge in [-0.15, -0.1) is 0 Å². The summed E-state index contributed by atoms with van der Waals surface area (Å²) in [5.74, 6) is 0. The lowest BCUT2D eigenvalue weighted by atomic mass is 9.86. The summed E-state index contributed by atoms with van der Waals surface area (Å²) in [6, 6.07) is 6.26. The van der Waals surface area contributed by atoms with Gasteiger partial charge in [-0.25, -0.2) is 0 Å².